The predicted octanol–water partition coefficient (Wildman–Crippen LogP) is 2.32. The van der Waals surface area contributed by atoms with Gasteiger partial charge in [-0.3, -0.25) is 14.9 Å². The van der Waals surface area contributed by atoms with Gasteiger partial charge in [-0.05, 0) is 44.2 Å². The molecule has 1 aromatic carbocycles. The largest absolute Gasteiger partial charge is 0.368 e. The van der Waals surface area contributed by atoms with E-state index in [0.29, 0.717) is 13.0 Å². The fraction of sp³-hybridized carbons (Fsp3) is 0.500. The first-order valence-electron chi connectivity index (χ1n) is 6.81. The Bertz CT molecular complexity index is 493. The third kappa shape index (κ3) is 5.35. The Labute approximate surface area is 128 Å². The van der Waals surface area contributed by atoms with Gasteiger partial charge in [0.15, 0.2) is 0 Å². The van der Waals surface area contributed by atoms with Gasteiger partial charge in [-0.25, -0.2) is 0 Å². The van der Waals surface area contributed by atoms with E-state index >= 15 is 0 Å². The number of carbonyl (C=O) groups is 1. The monoisotopic (exact) mass is 311 g/mol. The van der Waals surface area contributed by atoms with Crippen LogP contribution in [0.25, 0.3) is 0 Å². The normalized spacial score (nSPS) is 13.6. The number of primary amides is 1. The van der Waals surface area contributed by atoms with E-state index in [1.54, 1.807) is 23.9 Å². The van der Waals surface area contributed by atoms with Crippen molar-refractivity contribution >= 4 is 23.4 Å². The van der Waals surface area contributed by atoms with E-state index in [-0.39, 0.29) is 11.6 Å². The number of nitrogens with one attached hydrogen (secondary N) is 1. The maximum Gasteiger partial charge on any atom is 0.269 e. The molecule has 1 aromatic rings. The number of non-ortho nitro benzene ring substituents is 1. The molecule has 1 rings (SSSR count). The third-order valence-electron chi connectivity index (χ3n) is 3.25. The minimum atomic E-state index is -0.676. The zero-order chi connectivity index (χ0) is 15.9. The summed E-state index contributed by atoms with van der Waals surface area (Å²) in [4.78, 5) is 22.6. The lowest BCUT2D eigenvalue weighted by Gasteiger charge is -2.26. The fourth-order valence-corrected chi connectivity index (χ4v) is 2.82. The van der Waals surface area contributed by atoms with Crippen LogP contribution in [-0.4, -0.2) is 28.7 Å². The van der Waals surface area contributed by atoms with Crippen LogP contribution < -0.4 is 11.1 Å². The molecule has 6 nitrogen and oxygen atoms in total. The highest BCUT2D eigenvalue weighted by atomic mass is 32.2. The average Bonchev–Trinajstić information content (AvgIpc) is 2.44. The van der Waals surface area contributed by atoms with Gasteiger partial charge in [0, 0.05) is 17.0 Å². The van der Waals surface area contributed by atoms with Gasteiger partial charge in [0.25, 0.3) is 5.69 Å². The summed E-state index contributed by atoms with van der Waals surface area (Å²) in [6.45, 7) is 4.44. The van der Waals surface area contributed by atoms with Crippen molar-refractivity contribution < 1.29 is 9.72 Å². The van der Waals surface area contributed by atoms with E-state index in [4.69, 9.17) is 5.73 Å². The molecule has 3 N–H and O–H groups in total. The van der Waals surface area contributed by atoms with E-state index in [1.807, 2.05) is 13.8 Å². The van der Waals surface area contributed by atoms with E-state index < -0.39 is 10.5 Å². The third-order valence-corrected chi connectivity index (χ3v) is 4.35. The predicted molar refractivity (Wildman–Crippen MR) is 84.3 cm³/mol. The van der Waals surface area contributed by atoms with Gasteiger partial charge in [0.1, 0.15) is 0 Å². The summed E-state index contributed by atoms with van der Waals surface area (Å²) < 4.78 is 0. The Morgan fingerprint density at radius 3 is 2.52 bits per heavy atom. The molecule has 0 fully saturated rings. The molecule has 1 atom stereocenters. The number of carbonyl (C=O) groups excluding carboxylic acids is 1. The second-order valence-corrected chi connectivity index (χ2v) is 6.10. The van der Waals surface area contributed by atoms with Gasteiger partial charge < -0.3 is 11.1 Å². The summed E-state index contributed by atoms with van der Waals surface area (Å²) in [5.74, 6) is 0.483. The molecule has 116 valence electrons. The van der Waals surface area contributed by atoms with Crippen molar-refractivity contribution in [2.24, 2.45) is 5.73 Å². The van der Waals surface area contributed by atoms with Crippen LogP contribution in [0.5, 0.6) is 0 Å². The van der Waals surface area contributed by atoms with Crippen LogP contribution in [0.4, 0.5) is 5.69 Å². The number of nitro groups is 1. The second kappa shape index (κ2) is 7.99. The van der Waals surface area contributed by atoms with Crippen molar-refractivity contribution in [2.75, 3.05) is 12.3 Å². The molecule has 0 aromatic heterocycles. The lowest BCUT2D eigenvalue weighted by molar-refractivity contribution is -0.384. The molecule has 0 aliphatic heterocycles. The van der Waals surface area contributed by atoms with Crippen molar-refractivity contribution in [2.45, 2.75) is 37.1 Å². The Balaban J connectivity index is 2.42. The van der Waals surface area contributed by atoms with Gasteiger partial charge in [-0.2, -0.15) is 0 Å². The fourth-order valence-electron chi connectivity index (χ4n) is 1.97. The van der Waals surface area contributed by atoms with Crippen molar-refractivity contribution in [1.82, 2.24) is 5.32 Å². The number of hydrogen-bond acceptors (Lipinski definition) is 5. The minimum Gasteiger partial charge on any atom is -0.368 e. The summed E-state index contributed by atoms with van der Waals surface area (Å²) >= 11 is 1.61. The summed E-state index contributed by atoms with van der Waals surface area (Å²) in [6.07, 6.45) is 1.49. The SMILES string of the molecule is CCNC(C)(CCCSc1ccc([N+](=O)[O-])cc1)C(N)=O. The highest BCUT2D eigenvalue weighted by Crippen LogP contribution is 2.23. The Morgan fingerprint density at radius 2 is 2.05 bits per heavy atom. The number of nitro benzene ring substituents is 1. The Hall–Kier alpha value is -1.60. The van der Waals surface area contributed by atoms with Gasteiger partial charge in [-0.1, -0.05) is 6.92 Å². The van der Waals surface area contributed by atoms with Crippen molar-refractivity contribution in [3.63, 3.8) is 0 Å². The lowest BCUT2D eigenvalue weighted by atomic mass is 9.95. The van der Waals surface area contributed by atoms with Crippen LogP contribution in [0.3, 0.4) is 0 Å². The molecule has 0 bridgehead atoms. The topological polar surface area (TPSA) is 98.3 Å². The summed E-state index contributed by atoms with van der Waals surface area (Å²) in [6, 6.07) is 6.46. The van der Waals surface area contributed by atoms with Crippen LogP contribution in [0.15, 0.2) is 29.2 Å². The molecule has 0 radical (unpaired) electrons. The number of likely N-dealkylation sites (N-methyl/N-ethyl adjacent to an activating group) is 1. The Morgan fingerprint density at radius 1 is 1.43 bits per heavy atom. The molecule has 0 spiro atoms. The molecule has 1 unspecified atom stereocenters. The van der Waals surface area contributed by atoms with Crippen molar-refractivity contribution in [3.8, 4) is 0 Å². The molecule has 0 aliphatic carbocycles. The summed E-state index contributed by atoms with van der Waals surface area (Å²) in [7, 11) is 0. The zero-order valence-electron chi connectivity index (χ0n) is 12.3. The molecule has 1 amide bonds. The minimum absolute atomic E-state index is 0.0906. The number of thioether (sulfide) groups is 1. The van der Waals surface area contributed by atoms with Crippen molar-refractivity contribution in [3.05, 3.63) is 34.4 Å². The van der Waals surface area contributed by atoms with Crippen molar-refractivity contribution in [1.29, 1.82) is 0 Å². The quantitative estimate of drug-likeness (QED) is 0.315. The van der Waals surface area contributed by atoms with E-state index in [9.17, 15) is 14.9 Å². The number of nitrogens with zero attached hydrogens (tertiary/aromatic N) is 1. The maximum atomic E-state index is 11.5. The summed E-state index contributed by atoms with van der Waals surface area (Å²) in [5.41, 5.74) is 4.84. The molecule has 0 aliphatic rings. The highest BCUT2D eigenvalue weighted by molar-refractivity contribution is 7.99. The van der Waals surface area contributed by atoms with E-state index in [2.05, 4.69) is 5.32 Å². The zero-order valence-corrected chi connectivity index (χ0v) is 13.1. The van der Waals surface area contributed by atoms with Crippen LogP contribution in [0, 0.1) is 10.1 Å². The van der Waals surface area contributed by atoms with Gasteiger partial charge in [-0.15, -0.1) is 11.8 Å². The van der Waals surface area contributed by atoms with Crippen LogP contribution in [0.1, 0.15) is 26.7 Å². The number of amides is 1. The average molecular weight is 311 g/mol. The molecule has 0 saturated carbocycles. The number of benzene rings is 1. The summed E-state index contributed by atoms with van der Waals surface area (Å²) in [5, 5.41) is 13.7. The second-order valence-electron chi connectivity index (χ2n) is 4.93. The highest BCUT2D eigenvalue weighted by Gasteiger charge is 2.28. The standard InChI is InChI=1S/C14H21N3O3S/c1-3-16-14(2,13(15)18)9-4-10-21-12-7-5-11(6-8-12)17(19)20/h5-8,16H,3-4,9-10H2,1-2H3,(H2,15,18). The van der Waals surface area contributed by atoms with Crippen LogP contribution in [0.2, 0.25) is 0 Å². The lowest BCUT2D eigenvalue weighted by Crippen LogP contribution is -2.53. The molecular formula is C14H21N3O3S. The first-order valence-corrected chi connectivity index (χ1v) is 7.80. The first kappa shape index (κ1) is 17.5. The molecule has 7 heteroatoms. The van der Waals surface area contributed by atoms with E-state index in [0.717, 1.165) is 17.1 Å². The van der Waals surface area contributed by atoms with Gasteiger partial charge >= 0.3 is 0 Å². The molecule has 0 saturated heterocycles. The maximum absolute atomic E-state index is 11.5. The number of rotatable bonds is 9. The first-order chi connectivity index (χ1) is 9.89. The number of nitrogens with two attached hydrogens (primary N) is 1. The van der Waals surface area contributed by atoms with Crippen LogP contribution >= 0.6 is 11.8 Å². The Kier molecular flexibility index (Phi) is 6.64. The molecule has 21 heavy (non-hydrogen) atoms. The molecule has 0 heterocycles. The number of hydrogen-bond donors (Lipinski definition) is 2. The van der Waals surface area contributed by atoms with Gasteiger partial charge in [0.2, 0.25) is 5.91 Å². The van der Waals surface area contributed by atoms with Gasteiger partial charge in [0.05, 0.1) is 10.5 Å². The van der Waals surface area contributed by atoms with Crippen LogP contribution in [-0.2, 0) is 4.79 Å². The molecular weight excluding hydrogens is 290 g/mol. The van der Waals surface area contributed by atoms with E-state index in [1.165, 1.54) is 12.1 Å². The smallest absolute Gasteiger partial charge is 0.269 e.